The van der Waals surface area contributed by atoms with E-state index < -0.39 is 0 Å². The fourth-order valence-corrected chi connectivity index (χ4v) is 3.17. The first kappa shape index (κ1) is 20.5. The smallest absolute Gasteiger partial charge is 0.278 e. The minimum absolute atomic E-state index is 0.285. The largest absolute Gasteiger partial charge is 0.494 e. The van der Waals surface area contributed by atoms with Crippen LogP contribution in [0.5, 0.6) is 5.75 Å². The van der Waals surface area contributed by atoms with Gasteiger partial charge in [0.05, 0.1) is 12.2 Å². The molecule has 0 spiro atoms. The van der Waals surface area contributed by atoms with Crippen molar-refractivity contribution in [2.75, 3.05) is 37.5 Å². The Morgan fingerprint density at radius 1 is 0.931 bits per heavy atom. The van der Waals surface area contributed by atoms with Gasteiger partial charge in [0.2, 0.25) is 0 Å². The number of nitrogens with one attached hydrogen (secondary N) is 1. The Hall–Kier alpha value is -3.28. The lowest BCUT2D eigenvalue weighted by Crippen LogP contribution is -2.32. The number of hydrogen-bond donors (Lipinski definition) is 1. The zero-order valence-corrected chi connectivity index (χ0v) is 17.4. The molecule has 2 aromatic rings. The summed E-state index contributed by atoms with van der Waals surface area (Å²) in [5.74, 6) is 0.150. The van der Waals surface area contributed by atoms with E-state index in [9.17, 15) is 9.59 Å². The molecule has 0 saturated carbocycles. The number of carbonyl (C=O) groups excluding carboxylic acids is 2. The van der Waals surface area contributed by atoms with Gasteiger partial charge in [-0.1, -0.05) is 19.1 Å². The quantitative estimate of drug-likeness (QED) is 0.692. The average molecular weight is 393 g/mol. The van der Waals surface area contributed by atoms with Crippen LogP contribution in [0, 0.1) is 0 Å². The summed E-state index contributed by atoms with van der Waals surface area (Å²) >= 11 is 0. The summed E-state index contributed by atoms with van der Waals surface area (Å²) in [6, 6.07) is 15.0. The number of benzene rings is 2. The number of amides is 2. The van der Waals surface area contributed by atoms with Crippen LogP contribution in [0.25, 0.3) is 5.57 Å². The number of likely N-dealkylation sites (N-methyl/N-ethyl adjacent to an activating group) is 1. The summed E-state index contributed by atoms with van der Waals surface area (Å²) in [5.41, 5.74) is 3.18. The molecule has 2 amide bonds. The number of imide groups is 1. The Morgan fingerprint density at radius 2 is 1.59 bits per heavy atom. The monoisotopic (exact) mass is 393 g/mol. The van der Waals surface area contributed by atoms with Crippen molar-refractivity contribution in [2.45, 2.75) is 20.3 Å². The van der Waals surface area contributed by atoms with E-state index in [4.69, 9.17) is 4.74 Å². The lowest BCUT2D eigenvalue weighted by molar-refractivity contribution is -0.136. The van der Waals surface area contributed by atoms with E-state index in [-0.39, 0.29) is 11.8 Å². The number of rotatable bonds is 8. The SMILES string of the molecule is CCCOc1ccc(C2=C(Nc3ccc(N(C)C)cc3)C(=O)N(CC)C2=O)cc1. The molecule has 0 bridgehead atoms. The second-order valence-corrected chi connectivity index (χ2v) is 7.04. The third kappa shape index (κ3) is 4.26. The van der Waals surface area contributed by atoms with E-state index in [0.717, 1.165) is 23.5 Å². The maximum absolute atomic E-state index is 12.9. The van der Waals surface area contributed by atoms with Crippen LogP contribution in [-0.2, 0) is 9.59 Å². The second-order valence-electron chi connectivity index (χ2n) is 7.04. The zero-order chi connectivity index (χ0) is 21.0. The van der Waals surface area contributed by atoms with Crippen LogP contribution in [0.15, 0.2) is 54.2 Å². The fourth-order valence-electron chi connectivity index (χ4n) is 3.17. The first-order chi connectivity index (χ1) is 14.0. The molecule has 29 heavy (non-hydrogen) atoms. The van der Waals surface area contributed by atoms with Crippen molar-refractivity contribution >= 4 is 28.8 Å². The highest BCUT2D eigenvalue weighted by atomic mass is 16.5. The number of carbonyl (C=O) groups is 2. The third-order valence-corrected chi connectivity index (χ3v) is 4.75. The standard InChI is InChI=1S/C23H27N3O3/c1-5-15-29-19-13-7-16(8-14-19)20-21(23(28)26(6-2)22(20)27)24-17-9-11-18(12-10-17)25(3)4/h7-14,24H,5-6,15H2,1-4H3. The highest BCUT2D eigenvalue weighted by molar-refractivity contribution is 6.36. The van der Waals surface area contributed by atoms with E-state index in [2.05, 4.69) is 5.32 Å². The second kappa shape index (κ2) is 8.82. The molecule has 0 fully saturated rings. The molecule has 152 valence electrons. The van der Waals surface area contributed by atoms with Gasteiger partial charge in [0.1, 0.15) is 11.4 Å². The van der Waals surface area contributed by atoms with Gasteiger partial charge in [0.25, 0.3) is 11.8 Å². The number of hydrogen-bond acceptors (Lipinski definition) is 5. The molecule has 0 saturated heterocycles. The zero-order valence-electron chi connectivity index (χ0n) is 17.4. The summed E-state index contributed by atoms with van der Waals surface area (Å²) < 4.78 is 5.62. The van der Waals surface area contributed by atoms with Gasteiger partial charge in [-0.3, -0.25) is 14.5 Å². The molecular weight excluding hydrogens is 366 g/mol. The van der Waals surface area contributed by atoms with Crippen LogP contribution < -0.4 is 15.0 Å². The Kier molecular flexibility index (Phi) is 6.22. The molecule has 0 aliphatic carbocycles. The van der Waals surface area contributed by atoms with Gasteiger partial charge in [-0.15, -0.1) is 0 Å². The predicted molar refractivity (Wildman–Crippen MR) is 116 cm³/mol. The molecule has 1 heterocycles. The van der Waals surface area contributed by atoms with Crippen molar-refractivity contribution in [3.63, 3.8) is 0 Å². The highest BCUT2D eigenvalue weighted by Gasteiger charge is 2.38. The van der Waals surface area contributed by atoms with Gasteiger partial charge in [-0.2, -0.15) is 0 Å². The van der Waals surface area contributed by atoms with Crippen LogP contribution >= 0.6 is 0 Å². The molecule has 1 aliphatic rings. The van der Waals surface area contributed by atoms with Gasteiger partial charge in [0, 0.05) is 32.0 Å². The van der Waals surface area contributed by atoms with E-state index in [1.165, 1.54) is 4.90 Å². The molecular formula is C23H27N3O3. The van der Waals surface area contributed by atoms with Crippen molar-refractivity contribution in [2.24, 2.45) is 0 Å². The molecule has 0 radical (unpaired) electrons. The molecule has 1 aliphatic heterocycles. The number of anilines is 2. The minimum atomic E-state index is -0.310. The fraction of sp³-hybridized carbons (Fsp3) is 0.304. The van der Waals surface area contributed by atoms with Crippen molar-refractivity contribution < 1.29 is 14.3 Å². The van der Waals surface area contributed by atoms with Crippen LogP contribution in [0.3, 0.4) is 0 Å². The molecule has 0 unspecified atom stereocenters. The first-order valence-electron chi connectivity index (χ1n) is 9.84. The van der Waals surface area contributed by atoms with Gasteiger partial charge in [-0.05, 0) is 55.3 Å². The topological polar surface area (TPSA) is 61.9 Å². The van der Waals surface area contributed by atoms with E-state index in [1.807, 2.05) is 74.4 Å². The molecule has 1 N–H and O–H groups in total. The van der Waals surface area contributed by atoms with Crippen molar-refractivity contribution in [1.82, 2.24) is 4.90 Å². The maximum atomic E-state index is 12.9. The summed E-state index contributed by atoms with van der Waals surface area (Å²) in [4.78, 5) is 29.0. The lowest BCUT2D eigenvalue weighted by Gasteiger charge is -2.14. The van der Waals surface area contributed by atoms with Crippen LogP contribution in [-0.4, -0.2) is 44.0 Å². The van der Waals surface area contributed by atoms with Crippen molar-refractivity contribution in [1.29, 1.82) is 0 Å². The molecule has 2 aromatic carbocycles. The van der Waals surface area contributed by atoms with E-state index >= 15 is 0 Å². The third-order valence-electron chi connectivity index (χ3n) is 4.75. The Morgan fingerprint density at radius 3 is 2.14 bits per heavy atom. The van der Waals surface area contributed by atoms with Crippen molar-refractivity contribution in [3.05, 3.63) is 59.8 Å². The Bertz CT molecular complexity index is 915. The van der Waals surface area contributed by atoms with Gasteiger partial charge in [-0.25, -0.2) is 0 Å². The van der Waals surface area contributed by atoms with Crippen LogP contribution in [0.1, 0.15) is 25.8 Å². The van der Waals surface area contributed by atoms with E-state index in [1.54, 1.807) is 6.92 Å². The molecule has 3 rings (SSSR count). The maximum Gasteiger partial charge on any atom is 0.278 e. The Labute approximate surface area is 171 Å². The van der Waals surface area contributed by atoms with E-state index in [0.29, 0.717) is 30.0 Å². The Balaban J connectivity index is 1.95. The molecule has 0 aromatic heterocycles. The minimum Gasteiger partial charge on any atom is -0.494 e. The molecule has 6 heteroatoms. The first-order valence-corrected chi connectivity index (χ1v) is 9.84. The van der Waals surface area contributed by atoms with Crippen LogP contribution in [0.4, 0.5) is 11.4 Å². The van der Waals surface area contributed by atoms with Gasteiger partial charge >= 0.3 is 0 Å². The summed E-state index contributed by atoms with van der Waals surface area (Å²) in [6.07, 6.45) is 0.923. The molecule has 0 atom stereocenters. The summed E-state index contributed by atoms with van der Waals surface area (Å²) in [7, 11) is 3.94. The average Bonchev–Trinajstić information content (AvgIpc) is 2.96. The predicted octanol–water partition coefficient (Wildman–Crippen LogP) is 3.75. The lowest BCUT2D eigenvalue weighted by atomic mass is 10.0. The van der Waals surface area contributed by atoms with Gasteiger partial charge < -0.3 is 15.0 Å². The summed E-state index contributed by atoms with van der Waals surface area (Å²) in [6.45, 7) is 4.80. The van der Waals surface area contributed by atoms with Crippen molar-refractivity contribution in [3.8, 4) is 5.75 Å². The van der Waals surface area contributed by atoms with Gasteiger partial charge in [0.15, 0.2) is 0 Å². The number of nitrogens with zero attached hydrogens (tertiary/aromatic N) is 2. The molecule has 6 nitrogen and oxygen atoms in total. The summed E-state index contributed by atoms with van der Waals surface area (Å²) in [5, 5.41) is 3.17. The normalized spacial score (nSPS) is 13.9. The number of ether oxygens (including phenoxy) is 1. The van der Waals surface area contributed by atoms with Crippen LogP contribution in [0.2, 0.25) is 0 Å². The highest BCUT2D eigenvalue weighted by Crippen LogP contribution is 2.31.